The predicted octanol–water partition coefficient (Wildman–Crippen LogP) is 2.49. The molecule has 0 fully saturated rings. The molecule has 0 aliphatic carbocycles. The van der Waals surface area contributed by atoms with Crippen LogP contribution in [-0.2, 0) is 13.1 Å². The SMILES string of the molecule is Cc1c(Cl)cnn1Cc1ccc(CN)cc1F. The van der Waals surface area contributed by atoms with Gasteiger partial charge in [-0.05, 0) is 18.6 Å². The zero-order valence-corrected chi connectivity index (χ0v) is 10.2. The Morgan fingerprint density at radius 3 is 2.76 bits per heavy atom. The zero-order chi connectivity index (χ0) is 12.4. The molecule has 2 N–H and O–H groups in total. The molecule has 0 saturated heterocycles. The first-order valence-corrected chi connectivity index (χ1v) is 5.65. The van der Waals surface area contributed by atoms with Gasteiger partial charge in [-0.25, -0.2) is 4.39 Å². The third-order valence-corrected chi connectivity index (χ3v) is 3.09. The van der Waals surface area contributed by atoms with Crippen LogP contribution in [0, 0.1) is 12.7 Å². The molecule has 2 aromatic rings. The largest absolute Gasteiger partial charge is 0.326 e. The maximum absolute atomic E-state index is 13.7. The van der Waals surface area contributed by atoms with E-state index in [0.717, 1.165) is 11.3 Å². The average Bonchev–Trinajstić information content (AvgIpc) is 2.63. The Labute approximate surface area is 104 Å². The molecule has 1 aromatic heterocycles. The maximum atomic E-state index is 13.7. The molecule has 0 unspecified atom stereocenters. The van der Waals surface area contributed by atoms with Crippen molar-refractivity contribution in [2.45, 2.75) is 20.0 Å². The van der Waals surface area contributed by atoms with Gasteiger partial charge in [0.1, 0.15) is 5.82 Å². The normalized spacial score (nSPS) is 10.8. The number of hydrogen-bond donors (Lipinski definition) is 1. The zero-order valence-electron chi connectivity index (χ0n) is 9.45. The summed E-state index contributed by atoms with van der Waals surface area (Å²) in [6.07, 6.45) is 1.56. The highest BCUT2D eigenvalue weighted by Crippen LogP contribution is 2.17. The highest BCUT2D eigenvalue weighted by atomic mass is 35.5. The van der Waals surface area contributed by atoms with Gasteiger partial charge in [-0.15, -0.1) is 0 Å². The third-order valence-electron chi connectivity index (χ3n) is 2.72. The molecule has 17 heavy (non-hydrogen) atoms. The second kappa shape index (κ2) is 4.85. The van der Waals surface area contributed by atoms with E-state index in [1.807, 2.05) is 13.0 Å². The number of benzene rings is 1. The number of rotatable bonds is 3. The van der Waals surface area contributed by atoms with Gasteiger partial charge in [-0.1, -0.05) is 23.7 Å². The molecule has 0 amide bonds. The Hall–Kier alpha value is -1.39. The molecule has 0 aliphatic heterocycles. The van der Waals surface area contributed by atoms with Crippen molar-refractivity contribution in [3.63, 3.8) is 0 Å². The molecule has 0 bridgehead atoms. The van der Waals surface area contributed by atoms with E-state index in [9.17, 15) is 4.39 Å². The van der Waals surface area contributed by atoms with Gasteiger partial charge in [-0.3, -0.25) is 4.68 Å². The molecular weight excluding hydrogens is 241 g/mol. The van der Waals surface area contributed by atoms with Crippen molar-refractivity contribution in [3.05, 3.63) is 52.1 Å². The van der Waals surface area contributed by atoms with Gasteiger partial charge >= 0.3 is 0 Å². The van der Waals surface area contributed by atoms with Crippen molar-refractivity contribution in [2.75, 3.05) is 0 Å². The van der Waals surface area contributed by atoms with Crippen LogP contribution >= 0.6 is 11.6 Å². The fourth-order valence-electron chi connectivity index (χ4n) is 1.59. The molecule has 3 nitrogen and oxygen atoms in total. The Balaban J connectivity index is 2.27. The summed E-state index contributed by atoms with van der Waals surface area (Å²) in [5, 5.41) is 4.67. The molecule has 5 heteroatoms. The molecule has 1 heterocycles. The van der Waals surface area contributed by atoms with Gasteiger partial charge < -0.3 is 5.73 Å². The molecule has 0 atom stereocenters. The first kappa shape index (κ1) is 12.1. The summed E-state index contributed by atoms with van der Waals surface area (Å²) >= 11 is 5.89. The van der Waals surface area contributed by atoms with Crippen molar-refractivity contribution < 1.29 is 4.39 Å². The number of halogens is 2. The van der Waals surface area contributed by atoms with Crippen LogP contribution in [0.25, 0.3) is 0 Å². The van der Waals surface area contributed by atoms with Crippen LogP contribution in [0.5, 0.6) is 0 Å². The number of nitrogens with two attached hydrogens (primary N) is 1. The van der Waals surface area contributed by atoms with E-state index < -0.39 is 0 Å². The Morgan fingerprint density at radius 2 is 2.24 bits per heavy atom. The molecule has 0 spiro atoms. The number of nitrogens with zero attached hydrogens (tertiary/aromatic N) is 2. The summed E-state index contributed by atoms with van der Waals surface area (Å²) in [6, 6.07) is 5.00. The van der Waals surface area contributed by atoms with Gasteiger partial charge in [0.15, 0.2) is 0 Å². The van der Waals surface area contributed by atoms with E-state index >= 15 is 0 Å². The predicted molar refractivity (Wildman–Crippen MR) is 65.4 cm³/mol. The molecule has 2 rings (SSSR count). The van der Waals surface area contributed by atoms with Crippen molar-refractivity contribution >= 4 is 11.6 Å². The van der Waals surface area contributed by atoms with Gasteiger partial charge in [0, 0.05) is 12.1 Å². The minimum Gasteiger partial charge on any atom is -0.326 e. The van der Waals surface area contributed by atoms with Crippen LogP contribution in [-0.4, -0.2) is 9.78 Å². The van der Waals surface area contributed by atoms with E-state index in [4.69, 9.17) is 17.3 Å². The van der Waals surface area contributed by atoms with Gasteiger partial charge in [-0.2, -0.15) is 5.10 Å². The van der Waals surface area contributed by atoms with Crippen LogP contribution in [0.4, 0.5) is 4.39 Å². The maximum Gasteiger partial charge on any atom is 0.128 e. The van der Waals surface area contributed by atoms with E-state index in [0.29, 0.717) is 23.7 Å². The lowest BCUT2D eigenvalue weighted by Crippen LogP contribution is -2.06. The number of hydrogen-bond acceptors (Lipinski definition) is 2. The highest BCUT2D eigenvalue weighted by molar-refractivity contribution is 6.31. The van der Waals surface area contributed by atoms with E-state index in [2.05, 4.69) is 5.10 Å². The smallest absolute Gasteiger partial charge is 0.128 e. The summed E-state index contributed by atoms with van der Waals surface area (Å²) < 4.78 is 15.4. The molecule has 0 aliphatic rings. The fraction of sp³-hybridized carbons (Fsp3) is 0.250. The van der Waals surface area contributed by atoms with Crippen LogP contribution in [0.2, 0.25) is 5.02 Å². The lowest BCUT2D eigenvalue weighted by atomic mass is 10.1. The van der Waals surface area contributed by atoms with Crippen molar-refractivity contribution in [1.82, 2.24) is 9.78 Å². The van der Waals surface area contributed by atoms with Crippen LogP contribution in [0.15, 0.2) is 24.4 Å². The molecule has 0 radical (unpaired) electrons. The summed E-state index contributed by atoms with van der Waals surface area (Å²) in [5.41, 5.74) is 7.63. The quantitative estimate of drug-likeness (QED) is 0.913. The third kappa shape index (κ3) is 2.48. The standard InChI is InChI=1S/C12H13ClFN3/c1-8-11(13)6-16-17(8)7-10-3-2-9(5-15)4-12(10)14/h2-4,6H,5,7,15H2,1H3. The minimum absolute atomic E-state index is 0.265. The first-order valence-electron chi connectivity index (χ1n) is 5.27. The fourth-order valence-corrected chi connectivity index (χ4v) is 1.73. The molecule has 0 saturated carbocycles. The Kier molecular flexibility index (Phi) is 3.45. The van der Waals surface area contributed by atoms with Crippen molar-refractivity contribution in [1.29, 1.82) is 0 Å². The van der Waals surface area contributed by atoms with Gasteiger partial charge in [0.2, 0.25) is 0 Å². The highest BCUT2D eigenvalue weighted by Gasteiger charge is 2.08. The van der Waals surface area contributed by atoms with Crippen molar-refractivity contribution in [2.24, 2.45) is 5.73 Å². The summed E-state index contributed by atoms with van der Waals surface area (Å²) in [6.45, 7) is 2.56. The molecule has 1 aromatic carbocycles. The lowest BCUT2D eigenvalue weighted by Gasteiger charge is -2.07. The van der Waals surface area contributed by atoms with Crippen LogP contribution < -0.4 is 5.73 Å². The van der Waals surface area contributed by atoms with Gasteiger partial charge in [0.25, 0.3) is 0 Å². The first-order chi connectivity index (χ1) is 8.11. The monoisotopic (exact) mass is 253 g/mol. The summed E-state index contributed by atoms with van der Waals surface area (Å²) in [7, 11) is 0. The van der Waals surface area contributed by atoms with E-state index in [-0.39, 0.29) is 5.82 Å². The summed E-state index contributed by atoms with van der Waals surface area (Å²) in [4.78, 5) is 0. The minimum atomic E-state index is -0.265. The van der Waals surface area contributed by atoms with Crippen molar-refractivity contribution in [3.8, 4) is 0 Å². The van der Waals surface area contributed by atoms with Crippen LogP contribution in [0.3, 0.4) is 0 Å². The van der Waals surface area contributed by atoms with E-state index in [1.165, 1.54) is 6.07 Å². The Morgan fingerprint density at radius 1 is 1.47 bits per heavy atom. The molecular formula is C12H13ClFN3. The lowest BCUT2D eigenvalue weighted by molar-refractivity contribution is 0.578. The van der Waals surface area contributed by atoms with Crippen LogP contribution in [0.1, 0.15) is 16.8 Å². The Bertz CT molecular complexity index is 537. The summed E-state index contributed by atoms with van der Waals surface area (Å²) in [5.74, 6) is -0.265. The second-order valence-electron chi connectivity index (χ2n) is 3.87. The second-order valence-corrected chi connectivity index (χ2v) is 4.27. The topological polar surface area (TPSA) is 43.8 Å². The van der Waals surface area contributed by atoms with Gasteiger partial charge in [0.05, 0.1) is 23.5 Å². The van der Waals surface area contributed by atoms with E-state index in [1.54, 1.807) is 16.9 Å². The molecule has 90 valence electrons. The average molecular weight is 254 g/mol. The number of aromatic nitrogens is 2.